The summed E-state index contributed by atoms with van der Waals surface area (Å²) < 4.78 is 4.70. The molecule has 1 atom stereocenters. The second kappa shape index (κ2) is 2.86. The lowest BCUT2D eigenvalue weighted by Gasteiger charge is -1.99. The van der Waals surface area contributed by atoms with Crippen LogP contribution in [0.25, 0.3) is 0 Å². The second-order valence-electron chi connectivity index (χ2n) is 3.44. The first-order chi connectivity index (χ1) is 5.08. The summed E-state index contributed by atoms with van der Waals surface area (Å²) in [7, 11) is 0. The van der Waals surface area contributed by atoms with Crippen molar-refractivity contribution in [3.63, 3.8) is 0 Å². The van der Waals surface area contributed by atoms with Crippen LogP contribution in [-0.2, 0) is 9.53 Å². The lowest BCUT2D eigenvalue weighted by molar-refractivity contribution is -0.140. The molecule has 0 saturated heterocycles. The highest BCUT2D eigenvalue weighted by molar-refractivity contribution is 6.25. The monoisotopic (exact) mass is 174 g/mol. The third-order valence-corrected chi connectivity index (χ3v) is 2.14. The van der Waals surface area contributed by atoms with E-state index in [1.54, 1.807) is 0 Å². The lowest BCUT2D eigenvalue weighted by atomic mass is 10.1. The zero-order valence-corrected chi connectivity index (χ0v) is 7.39. The number of carbonyl (C=O) groups is 1. The average molecular weight is 175 g/mol. The van der Waals surface area contributed by atoms with Crippen molar-refractivity contribution in [3.8, 4) is 0 Å². The first-order valence-electron chi connectivity index (χ1n) is 3.53. The molecule has 0 amide bonds. The summed E-state index contributed by atoms with van der Waals surface area (Å²) in [4.78, 5) is 11.0. The fraction of sp³-hybridized carbons (Fsp3) is 0.625. The van der Waals surface area contributed by atoms with Crippen LogP contribution in [0.5, 0.6) is 0 Å². The summed E-state index contributed by atoms with van der Waals surface area (Å²) in [6.07, 6.45) is 2.13. The number of halogens is 1. The van der Waals surface area contributed by atoms with Gasteiger partial charge < -0.3 is 4.74 Å². The third-order valence-electron chi connectivity index (χ3n) is 2.03. The fourth-order valence-electron chi connectivity index (χ4n) is 1.04. The summed E-state index contributed by atoms with van der Waals surface area (Å²) in [6.45, 7) is 4.09. The molecule has 0 aromatic carbocycles. The number of rotatable bonds is 2. The molecule has 1 rings (SSSR count). The standard InChI is InChI=1S/C8H11ClO2/c1-8(2)5-6(8)7(10)11-4-3-9/h3-4,6H,5H2,1-2H3. The molecule has 0 heterocycles. The van der Waals surface area contributed by atoms with Gasteiger partial charge in [-0.15, -0.1) is 0 Å². The smallest absolute Gasteiger partial charge is 0.314 e. The average Bonchev–Trinajstić information content (AvgIpc) is 2.55. The molecule has 1 aliphatic rings. The quantitative estimate of drug-likeness (QED) is 0.474. The van der Waals surface area contributed by atoms with E-state index in [1.165, 1.54) is 11.8 Å². The van der Waals surface area contributed by atoms with E-state index in [9.17, 15) is 4.79 Å². The zero-order chi connectivity index (χ0) is 8.48. The molecule has 0 aromatic rings. The number of carbonyl (C=O) groups excluding carboxylic acids is 1. The maximum Gasteiger partial charge on any atom is 0.314 e. The van der Waals surface area contributed by atoms with E-state index in [0.717, 1.165) is 6.42 Å². The predicted molar refractivity (Wildman–Crippen MR) is 43.0 cm³/mol. The van der Waals surface area contributed by atoms with E-state index in [4.69, 9.17) is 16.3 Å². The Balaban J connectivity index is 2.34. The van der Waals surface area contributed by atoms with E-state index >= 15 is 0 Å². The highest BCUT2D eigenvalue weighted by Gasteiger charge is 2.51. The second-order valence-corrected chi connectivity index (χ2v) is 3.70. The Hall–Kier alpha value is -0.500. The molecule has 1 aliphatic carbocycles. The molecule has 1 saturated carbocycles. The molecule has 2 nitrogen and oxygen atoms in total. The molecule has 62 valence electrons. The van der Waals surface area contributed by atoms with Crippen molar-refractivity contribution >= 4 is 17.6 Å². The highest BCUT2D eigenvalue weighted by Crippen LogP contribution is 2.52. The first-order valence-corrected chi connectivity index (χ1v) is 3.97. The van der Waals surface area contributed by atoms with Crippen molar-refractivity contribution in [1.82, 2.24) is 0 Å². The van der Waals surface area contributed by atoms with Gasteiger partial charge in [-0.05, 0) is 11.8 Å². The van der Waals surface area contributed by atoms with Crippen molar-refractivity contribution in [3.05, 3.63) is 11.8 Å². The van der Waals surface area contributed by atoms with Crippen LogP contribution < -0.4 is 0 Å². The third kappa shape index (κ3) is 1.96. The van der Waals surface area contributed by atoms with E-state index in [2.05, 4.69) is 0 Å². The minimum atomic E-state index is -0.174. The van der Waals surface area contributed by atoms with E-state index < -0.39 is 0 Å². The molecule has 11 heavy (non-hydrogen) atoms. The number of esters is 1. The van der Waals surface area contributed by atoms with Crippen LogP contribution in [0.1, 0.15) is 20.3 Å². The summed E-state index contributed by atoms with van der Waals surface area (Å²) in [5.41, 5.74) is 1.32. The summed E-state index contributed by atoms with van der Waals surface area (Å²) in [5, 5.41) is 0. The van der Waals surface area contributed by atoms with E-state index in [-0.39, 0.29) is 17.3 Å². The number of hydrogen-bond acceptors (Lipinski definition) is 2. The topological polar surface area (TPSA) is 26.3 Å². The van der Waals surface area contributed by atoms with Crippen molar-refractivity contribution in [1.29, 1.82) is 0 Å². The van der Waals surface area contributed by atoms with Gasteiger partial charge in [0.25, 0.3) is 0 Å². The molecule has 1 unspecified atom stereocenters. The molecule has 3 heteroatoms. The van der Waals surface area contributed by atoms with Gasteiger partial charge in [0.2, 0.25) is 0 Å². The normalized spacial score (nSPS) is 27.0. The van der Waals surface area contributed by atoms with E-state index in [0.29, 0.717) is 0 Å². The molecule has 0 spiro atoms. The molecular weight excluding hydrogens is 164 g/mol. The minimum Gasteiger partial charge on any atom is -0.433 e. The molecular formula is C8H11ClO2. The molecule has 0 bridgehead atoms. The van der Waals surface area contributed by atoms with Crippen LogP contribution in [-0.4, -0.2) is 5.97 Å². The summed E-state index contributed by atoms with van der Waals surface area (Å²) >= 11 is 5.18. The van der Waals surface area contributed by atoms with Crippen LogP contribution in [0.15, 0.2) is 11.8 Å². The van der Waals surface area contributed by atoms with Gasteiger partial charge in [0.1, 0.15) is 6.26 Å². The van der Waals surface area contributed by atoms with Crippen molar-refractivity contribution in [2.45, 2.75) is 20.3 Å². The van der Waals surface area contributed by atoms with Crippen LogP contribution in [0.3, 0.4) is 0 Å². The molecule has 0 radical (unpaired) electrons. The van der Waals surface area contributed by atoms with Crippen molar-refractivity contribution in [2.24, 2.45) is 11.3 Å². The van der Waals surface area contributed by atoms with Crippen molar-refractivity contribution < 1.29 is 9.53 Å². The van der Waals surface area contributed by atoms with Gasteiger partial charge in [-0.25, -0.2) is 0 Å². The van der Waals surface area contributed by atoms with Gasteiger partial charge in [0.15, 0.2) is 0 Å². The zero-order valence-electron chi connectivity index (χ0n) is 6.63. The molecule has 0 N–H and O–H groups in total. The Morgan fingerprint density at radius 1 is 1.73 bits per heavy atom. The molecule has 0 aliphatic heterocycles. The largest absolute Gasteiger partial charge is 0.433 e. The van der Waals surface area contributed by atoms with Gasteiger partial charge in [-0.2, -0.15) is 0 Å². The Morgan fingerprint density at radius 3 is 2.64 bits per heavy atom. The Labute approximate surface area is 71.2 Å². The maximum atomic E-state index is 11.0. The summed E-state index contributed by atoms with van der Waals surface area (Å²) in [6, 6.07) is 0. The Kier molecular flexibility index (Phi) is 2.23. The molecule has 0 aromatic heterocycles. The Bertz CT molecular complexity index is 196. The van der Waals surface area contributed by atoms with Crippen LogP contribution in [0, 0.1) is 11.3 Å². The van der Waals surface area contributed by atoms with Gasteiger partial charge in [-0.3, -0.25) is 4.79 Å². The number of ether oxygens (including phenoxy) is 1. The predicted octanol–water partition coefficient (Wildman–Crippen LogP) is 2.29. The van der Waals surface area contributed by atoms with Gasteiger partial charge in [0, 0.05) is 5.54 Å². The van der Waals surface area contributed by atoms with Gasteiger partial charge >= 0.3 is 5.97 Å². The minimum absolute atomic E-state index is 0.0652. The highest BCUT2D eigenvalue weighted by atomic mass is 35.5. The van der Waals surface area contributed by atoms with E-state index in [1.807, 2.05) is 13.8 Å². The van der Waals surface area contributed by atoms with Gasteiger partial charge in [0.05, 0.1) is 5.92 Å². The van der Waals surface area contributed by atoms with Gasteiger partial charge in [-0.1, -0.05) is 25.4 Å². The lowest BCUT2D eigenvalue weighted by Crippen LogP contribution is -2.06. The fourth-order valence-corrected chi connectivity index (χ4v) is 1.10. The summed E-state index contributed by atoms with van der Waals surface area (Å²) in [5.74, 6) is -0.109. The SMILES string of the molecule is CC1(C)CC1C(=O)OC=CCl. The number of hydrogen-bond donors (Lipinski definition) is 0. The molecule has 1 fully saturated rings. The Morgan fingerprint density at radius 2 is 2.27 bits per heavy atom. The first kappa shape index (κ1) is 8.60. The van der Waals surface area contributed by atoms with Crippen LogP contribution in [0.2, 0.25) is 0 Å². The van der Waals surface area contributed by atoms with Crippen molar-refractivity contribution in [2.75, 3.05) is 0 Å². The van der Waals surface area contributed by atoms with Crippen LogP contribution >= 0.6 is 11.6 Å². The van der Waals surface area contributed by atoms with Crippen LogP contribution in [0.4, 0.5) is 0 Å². The maximum absolute atomic E-state index is 11.0.